The summed E-state index contributed by atoms with van der Waals surface area (Å²) in [6.45, 7) is 6.08. The molecule has 0 aliphatic carbocycles. The number of fused-ring (bicyclic) bond motifs is 1. The van der Waals surface area contributed by atoms with E-state index in [-0.39, 0.29) is 5.82 Å². The van der Waals surface area contributed by atoms with Gasteiger partial charge < -0.3 is 4.57 Å². The third-order valence-electron chi connectivity index (χ3n) is 5.83. The van der Waals surface area contributed by atoms with Gasteiger partial charge in [0.2, 0.25) is 0 Å². The normalized spacial score (nSPS) is 19.7. The molecule has 1 fully saturated rings. The average Bonchev–Trinajstić information content (AvgIpc) is 3.46. The third-order valence-corrected chi connectivity index (χ3v) is 7.04. The van der Waals surface area contributed by atoms with E-state index >= 15 is 0 Å². The number of aromatic amines is 1. The molecule has 4 aromatic rings. The van der Waals surface area contributed by atoms with Crippen molar-refractivity contribution < 1.29 is 4.39 Å². The third kappa shape index (κ3) is 3.75. The van der Waals surface area contributed by atoms with Crippen molar-refractivity contribution in [1.82, 2.24) is 24.1 Å². The highest BCUT2D eigenvalue weighted by molar-refractivity contribution is 7.97. The van der Waals surface area contributed by atoms with E-state index in [1.165, 1.54) is 0 Å². The molecule has 30 heavy (non-hydrogen) atoms. The van der Waals surface area contributed by atoms with Gasteiger partial charge in [-0.25, -0.2) is 13.7 Å². The number of H-pyrrole nitrogens is 1. The number of aryl methyl sites for hydroxylation is 1. The Morgan fingerprint density at radius 2 is 2.13 bits per heavy atom. The number of hydrogen-bond acceptors (Lipinski definition) is 4. The summed E-state index contributed by atoms with van der Waals surface area (Å²) in [5.74, 6) is 0.425. The lowest BCUT2D eigenvalue weighted by Crippen LogP contribution is -2.19. The number of aromatic nitrogens is 4. The molecule has 1 aliphatic rings. The van der Waals surface area contributed by atoms with E-state index < -0.39 is 0 Å². The smallest absolute Gasteiger partial charge is 0.126 e. The van der Waals surface area contributed by atoms with E-state index in [9.17, 15) is 4.39 Å². The van der Waals surface area contributed by atoms with Crippen molar-refractivity contribution in [3.8, 4) is 11.3 Å². The van der Waals surface area contributed by atoms with Crippen LogP contribution in [-0.2, 0) is 6.54 Å². The molecule has 0 saturated carbocycles. The lowest BCUT2D eigenvalue weighted by molar-refractivity contribution is 0.450. The van der Waals surface area contributed by atoms with Crippen LogP contribution in [0.3, 0.4) is 0 Å². The first-order chi connectivity index (χ1) is 14.6. The van der Waals surface area contributed by atoms with E-state index in [4.69, 9.17) is 4.98 Å². The highest BCUT2D eigenvalue weighted by Gasteiger charge is 2.30. The molecule has 0 spiro atoms. The van der Waals surface area contributed by atoms with Crippen molar-refractivity contribution in [3.63, 3.8) is 0 Å². The highest BCUT2D eigenvalue weighted by atomic mass is 32.2. The number of pyridine rings is 1. The van der Waals surface area contributed by atoms with Gasteiger partial charge in [-0.1, -0.05) is 0 Å². The van der Waals surface area contributed by atoms with Crippen LogP contribution in [0.5, 0.6) is 0 Å². The van der Waals surface area contributed by atoms with Gasteiger partial charge in [0.15, 0.2) is 0 Å². The number of nitrogens with zero attached hydrogens (tertiary/aromatic N) is 4. The summed E-state index contributed by atoms with van der Waals surface area (Å²) in [5.41, 5.74) is 4.80. The predicted molar refractivity (Wildman–Crippen MR) is 119 cm³/mol. The van der Waals surface area contributed by atoms with Gasteiger partial charge in [-0.05, 0) is 80.1 Å². The molecule has 1 N–H and O–H groups in total. The van der Waals surface area contributed by atoms with Crippen LogP contribution in [0.15, 0.2) is 59.9 Å². The molecule has 5 nitrogen and oxygen atoms in total. The molecule has 154 valence electrons. The summed E-state index contributed by atoms with van der Waals surface area (Å²) in [6.07, 6.45) is 6.94. The second-order valence-electron chi connectivity index (χ2n) is 8.11. The Morgan fingerprint density at radius 1 is 1.23 bits per heavy atom. The first-order valence-corrected chi connectivity index (χ1v) is 11.0. The van der Waals surface area contributed by atoms with Gasteiger partial charge in [-0.15, -0.1) is 0 Å². The van der Waals surface area contributed by atoms with Crippen molar-refractivity contribution in [3.05, 3.63) is 66.4 Å². The maximum absolute atomic E-state index is 13.6. The largest absolute Gasteiger partial charge is 0.346 e. The maximum Gasteiger partial charge on any atom is 0.126 e. The first-order valence-electron chi connectivity index (χ1n) is 10.2. The molecule has 0 bridgehead atoms. The van der Waals surface area contributed by atoms with E-state index in [2.05, 4.69) is 50.4 Å². The monoisotopic (exact) mass is 421 g/mol. The van der Waals surface area contributed by atoms with E-state index in [1.807, 2.05) is 25.3 Å². The van der Waals surface area contributed by atoms with Crippen molar-refractivity contribution in [2.45, 2.75) is 37.8 Å². The van der Waals surface area contributed by atoms with Crippen LogP contribution in [0.2, 0.25) is 0 Å². The summed E-state index contributed by atoms with van der Waals surface area (Å²) < 4.78 is 18.3. The molecule has 7 heteroatoms. The lowest BCUT2D eigenvalue weighted by Gasteiger charge is -2.20. The molecule has 3 aromatic heterocycles. The minimum Gasteiger partial charge on any atom is -0.346 e. The summed E-state index contributed by atoms with van der Waals surface area (Å²) in [5, 5.41) is 6.85. The van der Waals surface area contributed by atoms with E-state index in [1.54, 1.807) is 24.2 Å². The van der Waals surface area contributed by atoms with Gasteiger partial charge in [0.1, 0.15) is 5.82 Å². The molecule has 2 atom stereocenters. The Bertz CT molecular complexity index is 1170. The molecule has 5 rings (SSSR count). The maximum atomic E-state index is 13.6. The molecule has 1 aliphatic heterocycles. The van der Waals surface area contributed by atoms with Crippen molar-refractivity contribution in [2.24, 2.45) is 5.92 Å². The molecule has 4 heterocycles. The van der Waals surface area contributed by atoms with E-state index in [0.717, 1.165) is 46.7 Å². The zero-order valence-corrected chi connectivity index (χ0v) is 17.9. The summed E-state index contributed by atoms with van der Waals surface area (Å²) in [6, 6.07) is 12.1. The molecule has 0 unspecified atom stereocenters. The topological polar surface area (TPSA) is 49.7 Å². The zero-order valence-electron chi connectivity index (χ0n) is 17.0. The summed E-state index contributed by atoms with van der Waals surface area (Å²) in [7, 11) is 0. The standard InChI is InChI=1S/C23H24FN5S/c1-15-9-19(3-4-20(15)24)30-29-14-17(10-16(29)2)13-28-8-7-22-23(28)6-5-21(27-22)18-11-25-26-12-18/h3-9,11-12,16-17H,10,13-14H2,1-2H3,(H,25,26)/t16-,17-/m1/s1. The predicted octanol–water partition coefficient (Wildman–Crippen LogP) is 5.29. The number of nitrogens with one attached hydrogen (secondary N) is 1. The van der Waals surface area contributed by atoms with Gasteiger partial charge in [0.05, 0.1) is 22.9 Å². The zero-order chi connectivity index (χ0) is 20.7. The molecular weight excluding hydrogens is 397 g/mol. The van der Waals surface area contributed by atoms with Crippen LogP contribution < -0.4 is 0 Å². The summed E-state index contributed by atoms with van der Waals surface area (Å²) >= 11 is 1.74. The van der Waals surface area contributed by atoms with Crippen LogP contribution in [0.25, 0.3) is 22.3 Å². The Balaban J connectivity index is 1.29. The lowest BCUT2D eigenvalue weighted by atomic mass is 10.1. The minimum absolute atomic E-state index is 0.143. The van der Waals surface area contributed by atoms with Gasteiger partial charge >= 0.3 is 0 Å². The van der Waals surface area contributed by atoms with Gasteiger partial charge in [0.25, 0.3) is 0 Å². The fraction of sp³-hybridized carbons (Fsp3) is 0.304. The van der Waals surface area contributed by atoms with Crippen molar-refractivity contribution in [2.75, 3.05) is 6.54 Å². The number of hydrogen-bond donors (Lipinski definition) is 1. The van der Waals surface area contributed by atoms with Gasteiger partial charge in [-0.3, -0.25) is 5.10 Å². The van der Waals surface area contributed by atoms with Crippen LogP contribution in [-0.4, -0.2) is 36.6 Å². The Labute approximate surface area is 179 Å². The molecule has 0 amide bonds. The van der Waals surface area contributed by atoms with Gasteiger partial charge in [0, 0.05) is 42.0 Å². The Morgan fingerprint density at radius 3 is 2.93 bits per heavy atom. The van der Waals surface area contributed by atoms with Crippen molar-refractivity contribution in [1.29, 1.82) is 0 Å². The SMILES string of the molecule is Cc1cc(SN2C[C@@H](Cn3ccc4nc(-c5cn[nH]c5)ccc43)C[C@H]2C)ccc1F. The Kier molecular flexibility index (Phi) is 5.08. The van der Waals surface area contributed by atoms with Crippen LogP contribution in [0, 0.1) is 18.7 Å². The second-order valence-corrected chi connectivity index (χ2v) is 9.23. The minimum atomic E-state index is -0.143. The second kappa shape index (κ2) is 7.89. The van der Waals surface area contributed by atoms with Crippen LogP contribution in [0.4, 0.5) is 4.39 Å². The number of halogens is 1. The summed E-state index contributed by atoms with van der Waals surface area (Å²) in [4.78, 5) is 5.89. The fourth-order valence-corrected chi connectivity index (χ4v) is 5.42. The van der Waals surface area contributed by atoms with Gasteiger partial charge in [-0.2, -0.15) is 5.10 Å². The van der Waals surface area contributed by atoms with Crippen molar-refractivity contribution >= 4 is 23.0 Å². The first kappa shape index (κ1) is 19.3. The fourth-order valence-electron chi connectivity index (χ4n) is 4.24. The molecule has 1 aromatic carbocycles. The van der Waals surface area contributed by atoms with Crippen LogP contribution >= 0.6 is 11.9 Å². The van der Waals surface area contributed by atoms with E-state index in [0.29, 0.717) is 17.5 Å². The average molecular weight is 422 g/mol. The number of benzene rings is 1. The van der Waals surface area contributed by atoms with Crippen LogP contribution in [0.1, 0.15) is 18.9 Å². The number of rotatable bonds is 5. The Hall–Kier alpha value is -2.64. The molecule has 0 radical (unpaired) electrons. The molecular formula is C23H24FN5S. The molecule has 1 saturated heterocycles. The quantitative estimate of drug-likeness (QED) is 0.445. The highest BCUT2D eigenvalue weighted by Crippen LogP contribution is 2.35.